The van der Waals surface area contributed by atoms with Gasteiger partial charge in [0.25, 0.3) is 5.91 Å². The van der Waals surface area contributed by atoms with Crippen LogP contribution in [-0.2, 0) is 4.79 Å². The number of urea groups is 1. The van der Waals surface area contributed by atoms with E-state index < -0.39 is 0 Å². The highest BCUT2D eigenvalue weighted by Crippen LogP contribution is 2.35. The molecule has 1 saturated heterocycles. The maximum Gasteiger partial charge on any atom is 0.329 e. The molecule has 3 amide bonds. The van der Waals surface area contributed by atoms with E-state index in [4.69, 9.17) is 9.47 Å². The van der Waals surface area contributed by atoms with Gasteiger partial charge in [0.05, 0.1) is 13.7 Å². The molecule has 1 heterocycles. The Bertz CT molecular complexity index is 741. The Morgan fingerprint density at radius 1 is 1.23 bits per heavy atom. The fourth-order valence-corrected chi connectivity index (χ4v) is 3.90. The fourth-order valence-electron chi connectivity index (χ4n) is 3.46. The molecule has 0 aromatic heterocycles. The summed E-state index contributed by atoms with van der Waals surface area (Å²) in [6.07, 6.45) is 6.72. The molecule has 1 N–H and O–H groups in total. The van der Waals surface area contributed by atoms with Crippen molar-refractivity contribution in [3.05, 3.63) is 27.9 Å². The number of nitrogens with zero attached hydrogens (tertiary/aromatic N) is 1. The third-order valence-electron chi connectivity index (χ3n) is 4.73. The summed E-state index contributed by atoms with van der Waals surface area (Å²) in [5.74, 6) is 0.930. The first-order valence-corrected chi connectivity index (χ1v) is 9.71. The number of carbonyl (C=O) groups excluding carboxylic acids is 2. The molecular formula is C19H23BrN2O4. The Morgan fingerprint density at radius 2 is 1.96 bits per heavy atom. The van der Waals surface area contributed by atoms with Crippen LogP contribution in [0.4, 0.5) is 4.79 Å². The van der Waals surface area contributed by atoms with Crippen LogP contribution in [0.25, 0.3) is 6.08 Å². The van der Waals surface area contributed by atoms with E-state index in [9.17, 15) is 9.59 Å². The van der Waals surface area contributed by atoms with Crippen LogP contribution in [-0.4, -0.2) is 36.6 Å². The largest absolute Gasteiger partial charge is 0.493 e. The van der Waals surface area contributed by atoms with Crippen LogP contribution < -0.4 is 14.8 Å². The van der Waals surface area contributed by atoms with E-state index >= 15 is 0 Å². The molecule has 1 saturated carbocycles. The molecule has 3 rings (SSSR count). The van der Waals surface area contributed by atoms with Crippen molar-refractivity contribution in [2.24, 2.45) is 0 Å². The number of halogens is 1. The topological polar surface area (TPSA) is 67.9 Å². The first-order valence-electron chi connectivity index (χ1n) is 8.91. The highest BCUT2D eigenvalue weighted by atomic mass is 79.9. The molecular weight excluding hydrogens is 400 g/mol. The normalized spacial score (nSPS) is 19.8. The quantitative estimate of drug-likeness (QED) is 0.573. The van der Waals surface area contributed by atoms with Crippen LogP contribution in [0, 0.1) is 0 Å². The lowest BCUT2D eigenvalue weighted by molar-refractivity contribution is -0.124. The maximum atomic E-state index is 12.8. The number of methoxy groups -OCH3 is 1. The van der Waals surface area contributed by atoms with Gasteiger partial charge in [0.1, 0.15) is 5.70 Å². The molecule has 0 bridgehead atoms. The van der Waals surface area contributed by atoms with E-state index in [-0.39, 0.29) is 23.7 Å². The summed E-state index contributed by atoms with van der Waals surface area (Å²) in [7, 11) is 1.57. The van der Waals surface area contributed by atoms with Crippen molar-refractivity contribution < 1.29 is 19.1 Å². The average molecular weight is 423 g/mol. The fraction of sp³-hybridized carbons (Fsp3) is 0.474. The first-order chi connectivity index (χ1) is 12.5. The van der Waals surface area contributed by atoms with Gasteiger partial charge in [0.15, 0.2) is 11.5 Å². The van der Waals surface area contributed by atoms with Crippen molar-refractivity contribution in [2.75, 3.05) is 13.7 Å². The summed E-state index contributed by atoms with van der Waals surface area (Å²) >= 11 is 3.50. The maximum absolute atomic E-state index is 12.8. The highest BCUT2D eigenvalue weighted by Gasteiger charge is 2.39. The molecule has 1 aliphatic carbocycles. The summed E-state index contributed by atoms with van der Waals surface area (Å²) in [6.45, 7) is 2.42. The first kappa shape index (κ1) is 18.8. The van der Waals surface area contributed by atoms with Gasteiger partial charge in [-0.2, -0.15) is 0 Å². The zero-order valence-corrected chi connectivity index (χ0v) is 16.6. The van der Waals surface area contributed by atoms with Crippen LogP contribution >= 0.6 is 15.9 Å². The predicted octanol–water partition coefficient (Wildman–Crippen LogP) is 4.08. The molecule has 140 valence electrons. The van der Waals surface area contributed by atoms with Crippen LogP contribution in [0.5, 0.6) is 11.5 Å². The van der Waals surface area contributed by atoms with E-state index in [1.165, 1.54) is 11.3 Å². The number of rotatable bonds is 5. The summed E-state index contributed by atoms with van der Waals surface area (Å²) in [5.41, 5.74) is 1.02. The number of nitrogens with one attached hydrogen (secondary N) is 1. The monoisotopic (exact) mass is 422 g/mol. The van der Waals surface area contributed by atoms with Crippen molar-refractivity contribution >= 4 is 33.9 Å². The molecule has 2 fully saturated rings. The van der Waals surface area contributed by atoms with E-state index in [0.717, 1.165) is 35.7 Å². The second-order valence-electron chi connectivity index (χ2n) is 6.41. The van der Waals surface area contributed by atoms with E-state index in [1.54, 1.807) is 25.3 Å². The third-order valence-corrected chi connectivity index (χ3v) is 5.42. The van der Waals surface area contributed by atoms with Crippen molar-refractivity contribution in [2.45, 2.75) is 45.1 Å². The molecule has 7 heteroatoms. The minimum absolute atomic E-state index is 0.000423. The molecule has 0 radical (unpaired) electrons. The second-order valence-corrected chi connectivity index (χ2v) is 7.27. The number of carbonyl (C=O) groups is 2. The van der Waals surface area contributed by atoms with Gasteiger partial charge in [-0.05, 0) is 43.5 Å². The number of benzene rings is 1. The van der Waals surface area contributed by atoms with Gasteiger partial charge in [-0.15, -0.1) is 0 Å². The summed E-state index contributed by atoms with van der Waals surface area (Å²) < 4.78 is 11.7. The van der Waals surface area contributed by atoms with Gasteiger partial charge in [-0.1, -0.05) is 35.2 Å². The minimum atomic E-state index is -0.331. The molecule has 6 nitrogen and oxygen atoms in total. The number of imide groups is 1. The summed E-state index contributed by atoms with van der Waals surface area (Å²) in [4.78, 5) is 26.5. The van der Waals surface area contributed by atoms with E-state index in [0.29, 0.717) is 18.1 Å². The van der Waals surface area contributed by atoms with Gasteiger partial charge in [-0.3, -0.25) is 9.69 Å². The van der Waals surface area contributed by atoms with Crippen LogP contribution in [0.3, 0.4) is 0 Å². The number of hydrogen-bond acceptors (Lipinski definition) is 4. The lowest BCUT2D eigenvalue weighted by Crippen LogP contribution is -2.41. The third kappa shape index (κ3) is 3.72. The zero-order chi connectivity index (χ0) is 18.7. The minimum Gasteiger partial charge on any atom is -0.493 e. The Labute approximate surface area is 161 Å². The molecule has 26 heavy (non-hydrogen) atoms. The Balaban J connectivity index is 1.88. The van der Waals surface area contributed by atoms with Crippen molar-refractivity contribution in [1.29, 1.82) is 0 Å². The van der Waals surface area contributed by atoms with Crippen LogP contribution in [0.15, 0.2) is 22.3 Å². The van der Waals surface area contributed by atoms with Gasteiger partial charge in [0.2, 0.25) is 0 Å². The molecule has 2 aliphatic rings. The Morgan fingerprint density at radius 3 is 2.62 bits per heavy atom. The zero-order valence-electron chi connectivity index (χ0n) is 15.0. The van der Waals surface area contributed by atoms with Crippen LogP contribution in [0.2, 0.25) is 0 Å². The predicted molar refractivity (Wildman–Crippen MR) is 102 cm³/mol. The number of hydrogen-bond donors (Lipinski definition) is 1. The number of ether oxygens (including phenoxy) is 2. The average Bonchev–Trinajstić information content (AvgIpc) is 2.91. The highest BCUT2D eigenvalue weighted by molar-refractivity contribution is 9.10. The standard InChI is InChI=1S/C19H23BrN2O4/c1-3-26-17-11-14(20)12(10-16(17)25-2)9-15-18(23)22(19(24)21-15)13-7-5-4-6-8-13/h9-11,13H,3-8H2,1-2H3,(H,21,24)/b15-9-. The van der Waals surface area contributed by atoms with Gasteiger partial charge in [-0.25, -0.2) is 4.79 Å². The smallest absolute Gasteiger partial charge is 0.329 e. The molecule has 1 aromatic carbocycles. The number of amides is 3. The SMILES string of the molecule is CCOc1cc(Br)c(/C=C2\NC(=O)N(C3CCCCC3)C2=O)cc1OC. The molecule has 1 aliphatic heterocycles. The molecule has 0 unspecified atom stereocenters. The lowest BCUT2D eigenvalue weighted by Gasteiger charge is -2.28. The van der Waals surface area contributed by atoms with Gasteiger partial charge < -0.3 is 14.8 Å². The molecule has 0 atom stereocenters. The van der Waals surface area contributed by atoms with E-state index in [1.807, 2.05) is 6.92 Å². The van der Waals surface area contributed by atoms with Crippen molar-refractivity contribution in [3.63, 3.8) is 0 Å². The Hall–Kier alpha value is -2.02. The van der Waals surface area contributed by atoms with Crippen LogP contribution in [0.1, 0.15) is 44.6 Å². The molecule has 1 aromatic rings. The second kappa shape index (κ2) is 8.12. The van der Waals surface area contributed by atoms with Gasteiger partial charge in [0, 0.05) is 10.5 Å². The van der Waals surface area contributed by atoms with E-state index in [2.05, 4.69) is 21.2 Å². The summed E-state index contributed by atoms with van der Waals surface area (Å²) in [5, 5.41) is 2.71. The lowest BCUT2D eigenvalue weighted by atomic mass is 9.94. The van der Waals surface area contributed by atoms with Gasteiger partial charge >= 0.3 is 6.03 Å². The van der Waals surface area contributed by atoms with Crippen molar-refractivity contribution in [1.82, 2.24) is 10.2 Å². The van der Waals surface area contributed by atoms with Crippen molar-refractivity contribution in [3.8, 4) is 11.5 Å². The molecule has 0 spiro atoms. The Kier molecular flexibility index (Phi) is 5.86. The summed E-state index contributed by atoms with van der Waals surface area (Å²) in [6, 6.07) is 3.25.